The predicted molar refractivity (Wildman–Crippen MR) is 96.8 cm³/mol. The Labute approximate surface area is 152 Å². The van der Waals surface area contributed by atoms with Crippen LogP contribution in [0.3, 0.4) is 0 Å². The van der Waals surface area contributed by atoms with Gasteiger partial charge in [-0.2, -0.15) is 0 Å². The van der Waals surface area contributed by atoms with Gasteiger partial charge in [0.25, 0.3) is 5.69 Å². The minimum atomic E-state index is -0.434. The number of nitrogens with zero attached hydrogens (tertiary/aromatic N) is 5. The lowest BCUT2D eigenvalue weighted by atomic mass is 10.1. The lowest BCUT2D eigenvalue weighted by Crippen LogP contribution is -2.49. The van der Waals surface area contributed by atoms with E-state index >= 15 is 0 Å². The zero-order valence-corrected chi connectivity index (χ0v) is 14.9. The number of nitro benzene ring substituents is 1. The highest BCUT2D eigenvalue weighted by molar-refractivity contribution is 5.79. The van der Waals surface area contributed by atoms with Crippen molar-refractivity contribution in [1.82, 2.24) is 19.4 Å². The summed E-state index contributed by atoms with van der Waals surface area (Å²) in [6.45, 7) is 7.00. The van der Waals surface area contributed by atoms with E-state index in [9.17, 15) is 14.9 Å². The van der Waals surface area contributed by atoms with Gasteiger partial charge in [0, 0.05) is 63.8 Å². The van der Waals surface area contributed by atoms with Crippen LogP contribution in [0.4, 0.5) is 5.69 Å². The Morgan fingerprint density at radius 2 is 1.85 bits per heavy atom. The molecule has 0 unspecified atom stereocenters. The molecule has 1 amide bonds. The zero-order chi connectivity index (χ0) is 18.5. The number of piperazine rings is 1. The molecule has 0 saturated carbocycles. The molecular formula is C18H23N5O3. The average molecular weight is 357 g/mol. The largest absolute Gasteiger partial charge is 0.340 e. The Morgan fingerprint density at radius 3 is 2.42 bits per heavy atom. The van der Waals surface area contributed by atoms with Crippen molar-refractivity contribution in [2.45, 2.75) is 19.9 Å². The van der Waals surface area contributed by atoms with E-state index in [1.54, 1.807) is 12.1 Å². The highest BCUT2D eigenvalue weighted by Gasteiger charge is 2.21. The van der Waals surface area contributed by atoms with Crippen molar-refractivity contribution in [3.05, 3.63) is 58.2 Å². The number of aromatic nitrogens is 2. The van der Waals surface area contributed by atoms with Gasteiger partial charge in [-0.1, -0.05) is 12.1 Å². The summed E-state index contributed by atoms with van der Waals surface area (Å²) >= 11 is 0. The topological polar surface area (TPSA) is 84.5 Å². The van der Waals surface area contributed by atoms with E-state index < -0.39 is 4.92 Å². The summed E-state index contributed by atoms with van der Waals surface area (Å²) in [6.07, 6.45) is 4.08. The first kappa shape index (κ1) is 18.1. The van der Waals surface area contributed by atoms with Crippen LogP contribution in [0.25, 0.3) is 0 Å². The second-order valence-corrected chi connectivity index (χ2v) is 6.49. The number of non-ortho nitro benzene ring substituents is 1. The van der Waals surface area contributed by atoms with Crippen LogP contribution in [0.1, 0.15) is 11.4 Å². The molecule has 0 N–H and O–H groups in total. The van der Waals surface area contributed by atoms with Crippen molar-refractivity contribution in [2.24, 2.45) is 0 Å². The van der Waals surface area contributed by atoms with Gasteiger partial charge in [0.05, 0.1) is 11.3 Å². The minimum Gasteiger partial charge on any atom is -0.340 e. The number of hydrogen-bond acceptors (Lipinski definition) is 5. The second-order valence-electron chi connectivity index (χ2n) is 6.49. The van der Waals surface area contributed by atoms with Crippen molar-refractivity contribution in [3.8, 4) is 0 Å². The van der Waals surface area contributed by atoms with E-state index in [4.69, 9.17) is 0 Å². The number of benzene rings is 1. The first-order valence-corrected chi connectivity index (χ1v) is 8.74. The van der Waals surface area contributed by atoms with E-state index in [0.717, 1.165) is 37.6 Å². The van der Waals surface area contributed by atoms with Gasteiger partial charge in [0.15, 0.2) is 0 Å². The van der Waals surface area contributed by atoms with Crippen LogP contribution in [0.2, 0.25) is 0 Å². The third kappa shape index (κ3) is 4.45. The first-order valence-electron chi connectivity index (χ1n) is 8.74. The highest BCUT2D eigenvalue weighted by Crippen LogP contribution is 2.13. The number of imidazole rings is 1. The standard InChI is InChI=1S/C18H23N5O3/c1-15-19-6-7-21(15)11-8-20-9-12-22(13-10-20)18(24)14-16-2-4-17(5-3-16)23(25)26/h2-7H,8-14H2,1H3. The van der Waals surface area contributed by atoms with E-state index in [2.05, 4.69) is 14.5 Å². The van der Waals surface area contributed by atoms with E-state index in [-0.39, 0.29) is 18.0 Å². The number of amides is 1. The fourth-order valence-corrected chi connectivity index (χ4v) is 3.13. The molecule has 1 fully saturated rings. The number of aryl methyl sites for hydroxylation is 1. The van der Waals surface area contributed by atoms with E-state index in [1.165, 1.54) is 12.1 Å². The van der Waals surface area contributed by atoms with E-state index in [0.29, 0.717) is 13.1 Å². The summed E-state index contributed by atoms with van der Waals surface area (Å²) in [4.78, 5) is 31.1. The quantitative estimate of drug-likeness (QED) is 0.578. The van der Waals surface area contributed by atoms with Gasteiger partial charge in [-0.3, -0.25) is 19.8 Å². The molecule has 1 aliphatic heterocycles. The van der Waals surface area contributed by atoms with Crippen molar-refractivity contribution < 1.29 is 9.72 Å². The lowest BCUT2D eigenvalue weighted by molar-refractivity contribution is -0.384. The summed E-state index contributed by atoms with van der Waals surface area (Å²) in [5.74, 6) is 1.09. The Kier molecular flexibility index (Phi) is 5.62. The number of nitro groups is 1. The van der Waals surface area contributed by atoms with Crippen molar-refractivity contribution in [1.29, 1.82) is 0 Å². The predicted octanol–water partition coefficient (Wildman–Crippen LogP) is 1.49. The Hall–Kier alpha value is -2.74. The van der Waals surface area contributed by atoms with Gasteiger partial charge < -0.3 is 9.47 Å². The van der Waals surface area contributed by atoms with Crippen LogP contribution in [-0.2, 0) is 17.8 Å². The van der Waals surface area contributed by atoms with Crippen LogP contribution in [-0.4, -0.2) is 62.9 Å². The molecule has 0 aliphatic carbocycles. The second kappa shape index (κ2) is 8.09. The van der Waals surface area contributed by atoms with Gasteiger partial charge in [-0.05, 0) is 12.5 Å². The summed E-state index contributed by atoms with van der Waals surface area (Å²) in [5.41, 5.74) is 0.849. The van der Waals surface area contributed by atoms with Crippen LogP contribution < -0.4 is 0 Å². The summed E-state index contributed by atoms with van der Waals surface area (Å²) in [6, 6.07) is 6.19. The molecule has 1 saturated heterocycles. The third-order valence-electron chi connectivity index (χ3n) is 4.81. The van der Waals surface area contributed by atoms with Crippen molar-refractivity contribution in [2.75, 3.05) is 32.7 Å². The smallest absolute Gasteiger partial charge is 0.269 e. The molecule has 26 heavy (non-hydrogen) atoms. The SMILES string of the molecule is Cc1nccn1CCN1CCN(C(=O)Cc2ccc([N+](=O)[O-])cc2)CC1. The molecule has 3 rings (SSSR count). The minimum absolute atomic E-state index is 0.0444. The normalized spacial score (nSPS) is 15.2. The van der Waals surface area contributed by atoms with Gasteiger partial charge in [-0.25, -0.2) is 4.98 Å². The van der Waals surface area contributed by atoms with Gasteiger partial charge in [0.1, 0.15) is 5.82 Å². The van der Waals surface area contributed by atoms with Crippen molar-refractivity contribution in [3.63, 3.8) is 0 Å². The monoisotopic (exact) mass is 357 g/mol. The first-order chi connectivity index (χ1) is 12.5. The van der Waals surface area contributed by atoms with E-state index in [1.807, 2.05) is 24.2 Å². The molecular weight excluding hydrogens is 334 g/mol. The molecule has 0 radical (unpaired) electrons. The van der Waals surface area contributed by atoms with Crippen LogP contribution in [0.5, 0.6) is 0 Å². The third-order valence-corrected chi connectivity index (χ3v) is 4.81. The molecule has 138 valence electrons. The fraction of sp³-hybridized carbons (Fsp3) is 0.444. The van der Waals surface area contributed by atoms with Gasteiger partial charge in [0.2, 0.25) is 5.91 Å². The van der Waals surface area contributed by atoms with Crippen LogP contribution in [0, 0.1) is 17.0 Å². The van der Waals surface area contributed by atoms with Crippen molar-refractivity contribution >= 4 is 11.6 Å². The number of carbonyl (C=O) groups is 1. The number of rotatable bonds is 6. The highest BCUT2D eigenvalue weighted by atomic mass is 16.6. The van der Waals surface area contributed by atoms with Crippen LogP contribution in [0.15, 0.2) is 36.7 Å². The number of hydrogen-bond donors (Lipinski definition) is 0. The molecule has 0 atom stereocenters. The molecule has 0 spiro atoms. The molecule has 1 aliphatic rings. The Morgan fingerprint density at radius 1 is 1.15 bits per heavy atom. The van der Waals surface area contributed by atoms with Gasteiger partial charge >= 0.3 is 0 Å². The van der Waals surface area contributed by atoms with Gasteiger partial charge in [-0.15, -0.1) is 0 Å². The summed E-state index contributed by atoms with van der Waals surface area (Å²) in [7, 11) is 0. The Bertz CT molecular complexity index is 763. The molecule has 8 nitrogen and oxygen atoms in total. The molecule has 1 aromatic carbocycles. The molecule has 0 bridgehead atoms. The maximum Gasteiger partial charge on any atom is 0.269 e. The summed E-state index contributed by atoms with van der Waals surface area (Å²) < 4.78 is 2.13. The maximum absolute atomic E-state index is 12.4. The molecule has 8 heteroatoms. The number of carbonyl (C=O) groups excluding carboxylic acids is 1. The maximum atomic E-state index is 12.4. The molecule has 2 aromatic rings. The summed E-state index contributed by atoms with van der Waals surface area (Å²) in [5, 5.41) is 10.7. The fourth-order valence-electron chi connectivity index (χ4n) is 3.13. The zero-order valence-electron chi connectivity index (χ0n) is 14.9. The van der Waals surface area contributed by atoms with Crippen LogP contribution >= 0.6 is 0 Å². The lowest BCUT2D eigenvalue weighted by Gasteiger charge is -2.35. The average Bonchev–Trinajstić information content (AvgIpc) is 3.06. The Balaban J connectivity index is 1.44. The molecule has 1 aromatic heterocycles. The molecule has 2 heterocycles.